The molecule has 2 aromatic heterocycles. The smallest absolute Gasteiger partial charge is 0.253 e. The number of carbonyl (C=O) groups excluding carboxylic acids is 1. The number of aromatic nitrogens is 2. The first kappa shape index (κ1) is 17.2. The van der Waals surface area contributed by atoms with E-state index in [9.17, 15) is 4.79 Å². The molecule has 0 aliphatic carbocycles. The molecular formula is C19H24N4O3. The Balaban J connectivity index is 1.35. The summed E-state index contributed by atoms with van der Waals surface area (Å²) in [7, 11) is 0. The number of rotatable bonds is 4. The average Bonchev–Trinajstić information content (AvgIpc) is 3.21. The minimum Gasteiger partial charge on any atom is -0.364 e. The molecule has 3 atom stereocenters. The highest BCUT2D eigenvalue weighted by molar-refractivity contribution is 5.94. The number of hydrogen-bond acceptors (Lipinski definition) is 6. The third-order valence-electron chi connectivity index (χ3n) is 5.42. The SMILES string of the molecule is Cc1noc(C)c1CN1CC[C@H]2C[C@H](C(=O)Nc3cccnc3)O[C@H]2C1. The zero-order valence-corrected chi connectivity index (χ0v) is 15.1. The van der Waals surface area contributed by atoms with Crippen LogP contribution in [0.2, 0.25) is 0 Å². The molecular weight excluding hydrogens is 332 g/mol. The zero-order valence-electron chi connectivity index (χ0n) is 15.1. The van der Waals surface area contributed by atoms with E-state index >= 15 is 0 Å². The number of nitrogens with one attached hydrogen (secondary N) is 1. The largest absolute Gasteiger partial charge is 0.364 e. The standard InChI is InChI=1S/C19H24N4O3/c1-12-16(13(2)26-22-12)10-23-7-5-14-8-17(25-18(14)11-23)19(24)21-15-4-3-6-20-9-15/h3-4,6,9,14,17-18H,5,7-8,10-11H2,1-2H3,(H,21,24)/t14-,17+,18-/m0/s1. The van der Waals surface area contributed by atoms with Gasteiger partial charge in [-0.3, -0.25) is 14.7 Å². The van der Waals surface area contributed by atoms with Crippen molar-refractivity contribution in [3.05, 3.63) is 41.5 Å². The van der Waals surface area contributed by atoms with Crippen molar-refractivity contribution in [3.8, 4) is 0 Å². The van der Waals surface area contributed by atoms with Crippen LogP contribution in [0.5, 0.6) is 0 Å². The highest BCUT2D eigenvalue weighted by atomic mass is 16.5. The maximum absolute atomic E-state index is 12.5. The molecule has 0 aromatic carbocycles. The zero-order chi connectivity index (χ0) is 18.1. The Kier molecular flexibility index (Phi) is 4.74. The topological polar surface area (TPSA) is 80.5 Å². The van der Waals surface area contributed by atoms with Gasteiger partial charge in [0, 0.05) is 24.8 Å². The molecule has 0 bridgehead atoms. The lowest BCUT2D eigenvalue weighted by Gasteiger charge is -2.33. The van der Waals surface area contributed by atoms with Crippen molar-refractivity contribution in [3.63, 3.8) is 0 Å². The number of aryl methyl sites for hydroxylation is 2. The summed E-state index contributed by atoms with van der Waals surface area (Å²) in [6, 6.07) is 3.63. The number of likely N-dealkylation sites (tertiary alicyclic amines) is 1. The Morgan fingerprint density at radius 1 is 1.42 bits per heavy atom. The molecule has 138 valence electrons. The van der Waals surface area contributed by atoms with Crippen LogP contribution in [-0.4, -0.2) is 46.2 Å². The van der Waals surface area contributed by atoms with Crippen LogP contribution in [0.3, 0.4) is 0 Å². The quantitative estimate of drug-likeness (QED) is 0.905. The predicted molar refractivity (Wildman–Crippen MR) is 95.5 cm³/mol. The highest BCUT2D eigenvalue weighted by Crippen LogP contribution is 2.34. The molecule has 7 nitrogen and oxygen atoms in total. The summed E-state index contributed by atoms with van der Waals surface area (Å²) in [5, 5.41) is 6.93. The number of hydrogen-bond donors (Lipinski definition) is 1. The van der Waals surface area contributed by atoms with Gasteiger partial charge in [-0.05, 0) is 51.3 Å². The second-order valence-corrected chi connectivity index (χ2v) is 7.22. The van der Waals surface area contributed by atoms with Gasteiger partial charge in [0.1, 0.15) is 11.9 Å². The molecule has 0 spiro atoms. The summed E-state index contributed by atoms with van der Waals surface area (Å²) in [6.07, 6.45) is 4.88. The molecule has 1 N–H and O–H groups in total. The van der Waals surface area contributed by atoms with Gasteiger partial charge < -0.3 is 14.6 Å². The van der Waals surface area contributed by atoms with Crippen LogP contribution in [0.15, 0.2) is 29.0 Å². The van der Waals surface area contributed by atoms with E-state index in [1.54, 1.807) is 18.5 Å². The minimum atomic E-state index is -0.385. The number of piperidine rings is 1. The normalized spacial score (nSPS) is 25.8. The summed E-state index contributed by atoms with van der Waals surface area (Å²) in [6.45, 7) is 6.59. The van der Waals surface area contributed by atoms with Gasteiger partial charge in [0.25, 0.3) is 5.91 Å². The van der Waals surface area contributed by atoms with Crippen LogP contribution in [0.1, 0.15) is 29.9 Å². The van der Waals surface area contributed by atoms with Crippen molar-refractivity contribution in [2.45, 2.75) is 45.4 Å². The number of ether oxygens (including phenoxy) is 1. The Bertz CT molecular complexity index is 757. The molecule has 2 aromatic rings. The van der Waals surface area contributed by atoms with Gasteiger partial charge in [-0.25, -0.2) is 0 Å². The fourth-order valence-corrected chi connectivity index (χ4v) is 3.92. The first-order chi connectivity index (χ1) is 12.6. The Morgan fingerprint density at radius 2 is 2.31 bits per heavy atom. The maximum atomic E-state index is 12.5. The number of carbonyl (C=O) groups is 1. The van der Waals surface area contributed by atoms with Gasteiger partial charge in [-0.15, -0.1) is 0 Å². The van der Waals surface area contributed by atoms with Crippen molar-refractivity contribution in [2.24, 2.45) is 5.92 Å². The van der Waals surface area contributed by atoms with Gasteiger partial charge in [0.15, 0.2) is 0 Å². The minimum absolute atomic E-state index is 0.0790. The maximum Gasteiger partial charge on any atom is 0.253 e. The third-order valence-corrected chi connectivity index (χ3v) is 5.42. The molecule has 0 unspecified atom stereocenters. The molecule has 4 heterocycles. The molecule has 2 fully saturated rings. The lowest BCUT2D eigenvalue weighted by Crippen LogP contribution is -2.42. The number of nitrogens with zero attached hydrogens (tertiary/aromatic N) is 3. The Hall–Kier alpha value is -2.25. The van der Waals surface area contributed by atoms with Crippen LogP contribution in [0.25, 0.3) is 0 Å². The van der Waals surface area contributed by atoms with E-state index in [2.05, 4.69) is 20.4 Å². The molecule has 26 heavy (non-hydrogen) atoms. The van der Waals surface area contributed by atoms with Crippen LogP contribution in [0, 0.1) is 19.8 Å². The van der Waals surface area contributed by atoms with Crippen LogP contribution in [-0.2, 0) is 16.1 Å². The first-order valence-corrected chi connectivity index (χ1v) is 9.10. The van der Waals surface area contributed by atoms with Crippen LogP contribution >= 0.6 is 0 Å². The number of pyridine rings is 1. The van der Waals surface area contributed by atoms with Gasteiger partial charge in [-0.2, -0.15) is 0 Å². The summed E-state index contributed by atoms with van der Waals surface area (Å²) in [5.41, 5.74) is 2.81. The van der Waals surface area contributed by atoms with E-state index in [1.807, 2.05) is 19.9 Å². The number of amides is 1. The van der Waals surface area contributed by atoms with E-state index in [0.29, 0.717) is 11.6 Å². The third kappa shape index (κ3) is 3.50. The van der Waals surface area contributed by atoms with Crippen molar-refractivity contribution in [2.75, 3.05) is 18.4 Å². The van der Waals surface area contributed by atoms with Crippen LogP contribution in [0.4, 0.5) is 5.69 Å². The highest BCUT2D eigenvalue weighted by Gasteiger charge is 2.42. The lowest BCUT2D eigenvalue weighted by atomic mass is 9.91. The second kappa shape index (κ2) is 7.17. The van der Waals surface area contributed by atoms with E-state index in [0.717, 1.165) is 49.5 Å². The average molecular weight is 356 g/mol. The van der Waals surface area contributed by atoms with Crippen molar-refractivity contribution >= 4 is 11.6 Å². The molecule has 1 amide bonds. The molecule has 2 aliphatic rings. The summed E-state index contributed by atoms with van der Waals surface area (Å²) in [4.78, 5) is 18.9. The lowest BCUT2D eigenvalue weighted by molar-refractivity contribution is -0.127. The van der Waals surface area contributed by atoms with Crippen LogP contribution < -0.4 is 5.32 Å². The van der Waals surface area contributed by atoms with Crippen molar-refractivity contribution < 1.29 is 14.1 Å². The molecule has 7 heteroatoms. The summed E-state index contributed by atoms with van der Waals surface area (Å²) in [5.74, 6) is 1.25. The summed E-state index contributed by atoms with van der Waals surface area (Å²) < 4.78 is 11.4. The molecule has 0 radical (unpaired) electrons. The second-order valence-electron chi connectivity index (χ2n) is 7.22. The van der Waals surface area contributed by atoms with Gasteiger partial charge >= 0.3 is 0 Å². The predicted octanol–water partition coefficient (Wildman–Crippen LogP) is 2.30. The number of fused-ring (bicyclic) bond motifs is 1. The van der Waals surface area contributed by atoms with Gasteiger partial charge in [-0.1, -0.05) is 5.16 Å². The Labute approximate surface area is 152 Å². The van der Waals surface area contributed by atoms with Crippen molar-refractivity contribution in [1.29, 1.82) is 0 Å². The molecule has 0 saturated carbocycles. The summed E-state index contributed by atoms with van der Waals surface area (Å²) >= 11 is 0. The van der Waals surface area contributed by atoms with Crippen molar-refractivity contribution in [1.82, 2.24) is 15.0 Å². The first-order valence-electron chi connectivity index (χ1n) is 9.10. The van der Waals surface area contributed by atoms with Gasteiger partial charge in [0.2, 0.25) is 0 Å². The van der Waals surface area contributed by atoms with E-state index < -0.39 is 0 Å². The fourth-order valence-electron chi connectivity index (χ4n) is 3.92. The Morgan fingerprint density at radius 3 is 3.04 bits per heavy atom. The van der Waals surface area contributed by atoms with E-state index in [-0.39, 0.29) is 18.1 Å². The monoisotopic (exact) mass is 356 g/mol. The van der Waals surface area contributed by atoms with E-state index in [1.165, 1.54) is 0 Å². The molecule has 4 rings (SSSR count). The number of anilines is 1. The van der Waals surface area contributed by atoms with E-state index in [4.69, 9.17) is 9.26 Å². The molecule has 2 aliphatic heterocycles. The molecule has 2 saturated heterocycles. The van der Waals surface area contributed by atoms with Gasteiger partial charge in [0.05, 0.1) is 23.7 Å². The fraction of sp³-hybridized carbons (Fsp3) is 0.526.